The highest BCUT2D eigenvalue weighted by molar-refractivity contribution is 5.68. The van der Waals surface area contributed by atoms with Gasteiger partial charge in [-0.3, -0.25) is 0 Å². The van der Waals surface area contributed by atoms with Crippen molar-refractivity contribution < 1.29 is 13.6 Å². The molecule has 0 radical (unpaired) electrons. The van der Waals surface area contributed by atoms with Crippen molar-refractivity contribution in [1.29, 1.82) is 0 Å². The Bertz CT molecular complexity index is 1860. The first-order chi connectivity index (χ1) is 22.1. The van der Waals surface area contributed by atoms with Crippen molar-refractivity contribution >= 4 is 0 Å². The lowest BCUT2D eigenvalue weighted by Crippen LogP contribution is -2.32. The van der Waals surface area contributed by atoms with E-state index in [4.69, 9.17) is 4.42 Å². The van der Waals surface area contributed by atoms with Gasteiger partial charge in [-0.15, -0.1) is 10.2 Å². The molecule has 3 aromatic heterocycles. The highest BCUT2D eigenvalue weighted by Crippen LogP contribution is 2.28. The van der Waals surface area contributed by atoms with Gasteiger partial charge in [0.25, 0.3) is 0 Å². The third kappa shape index (κ3) is 6.63. The van der Waals surface area contributed by atoms with Crippen LogP contribution >= 0.6 is 0 Å². The zero-order valence-electron chi connectivity index (χ0n) is 25.5. The minimum Gasteiger partial charge on any atom is -0.416 e. The van der Waals surface area contributed by atoms with Crippen LogP contribution in [0.4, 0.5) is 0 Å². The molecule has 0 bridgehead atoms. The van der Waals surface area contributed by atoms with E-state index in [-0.39, 0.29) is 0 Å². The molecule has 218 valence electrons. The minimum absolute atomic E-state index is 0.505. The average Bonchev–Trinajstić information content (AvgIpc) is 3.58. The monoisotopic (exact) mass is 586 g/mol. The normalized spacial score (nSPS) is 11.1. The molecule has 7 rings (SSSR count). The number of hydrogen-bond donors (Lipinski definition) is 0. The molecular weight excluding hydrogens is 552 g/mol. The molecule has 0 aliphatic heterocycles. The summed E-state index contributed by atoms with van der Waals surface area (Å²) in [6.45, 7) is 5.92. The summed E-state index contributed by atoms with van der Waals surface area (Å²) in [7, 11) is 0. The fourth-order valence-corrected chi connectivity index (χ4v) is 5.39. The van der Waals surface area contributed by atoms with Crippen LogP contribution in [0.2, 0.25) is 0 Å². The molecule has 3 heterocycles. The van der Waals surface area contributed by atoms with E-state index in [1.54, 1.807) is 0 Å². The van der Waals surface area contributed by atoms with Crippen molar-refractivity contribution in [2.24, 2.45) is 0 Å². The van der Waals surface area contributed by atoms with Crippen molar-refractivity contribution in [3.63, 3.8) is 0 Å². The van der Waals surface area contributed by atoms with E-state index in [1.807, 2.05) is 24.3 Å². The minimum atomic E-state index is 0.505. The lowest BCUT2D eigenvalue weighted by atomic mass is 10.0. The molecule has 0 fully saturated rings. The Kier molecular flexibility index (Phi) is 7.81. The lowest BCUT2D eigenvalue weighted by Gasteiger charge is -2.04. The molecule has 0 saturated carbocycles. The lowest BCUT2D eigenvalue weighted by molar-refractivity contribution is -0.688. The van der Waals surface area contributed by atoms with Crippen molar-refractivity contribution in [3.8, 4) is 45.2 Å². The van der Waals surface area contributed by atoms with Crippen LogP contribution in [0.3, 0.4) is 0 Å². The Labute approximate surface area is 263 Å². The summed E-state index contributed by atoms with van der Waals surface area (Å²) in [4.78, 5) is 0. The van der Waals surface area contributed by atoms with Crippen LogP contribution in [0, 0.1) is 13.8 Å². The maximum Gasteiger partial charge on any atom is 0.248 e. The zero-order chi connectivity index (χ0) is 30.6. The summed E-state index contributed by atoms with van der Waals surface area (Å²) in [6, 6.07) is 42.4. The van der Waals surface area contributed by atoms with Gasteiger partial charge in [0.05, 0.1) is 0 Å². The van der Waals surface area contributed by atoms with Crippen LogP contribution in [-0.2, 0) is 13.1 Å². The van der Waals surface area contributed by atoms with E-state index in [0.717, 1.165) is 46.5 Å². The quantitative estimate of drug-likeness (QED) is 0.169. The first-order valence-corrected chi connectivity index (χ1v) is 15.2. The molecular formula is C40H34N4O+2. The summed E-state index contributed by atoms with van der Waals surface area (Å²) in [5.74, 6) is 1.01. The van der Waals surface area contributed by atoms with Gasteiger partial charge in [-0.2, -0.15) is 0 Å². The molecule has 45 heavy (non-hydrogen) atoms. The van der Waals surface area contributed by atoms with Gasteiger partial charge in [-0.1, -0.05) is 83.9 Å². The molecule has 0 saturated heterocycles. The third-order valence-electron chi connectivity index (χ3n) is 8.11. The maximum atomic E-state index is 6.08. The molecule has 0 aliphatic carbocycles. The summed E-state index contributed by atoms with van der Waals surface area (Å²) in [5, 5.41) is 8.66. The van der Waals surface area contributed by atoms with Gasteiger partial charge >= 0.3 is 0 Å². The Balaban J connectivity index is 0.992. The van der Waals surface area contributed by atoms with Crippen LogP contribution in [0.1, 0.15) is 22.3 Å². The molecule has 5 nitrogen and oxygen atoms in total. The van der Waals surface area contributed by atoms with Crippen molar-refractivity contribution in [2.75, 3.05) is 0 Å². The van der Waals surface area contributed by atoms with Crippen LogP contribution in [0.5, 0.6) is 0 Å². The van der Waals surface area contributed by atoms with Gasteiger partial charge in [-0.25, -0.2) is 9.13 Å². The van der Waals surface area contributed by atoms with Crippen molar-refractivity contribution in [1.82, 2.24) is 10.2 Å². The van der Waals surface area contributed by atoms with E-state index >= 15 is 0 Å². The van der Waals surface area contributed by atoms with Gasteiger partial charge in [0.1, 0.15) is 0 Å². The second kappa shape index (κ2) is 12.5. The van der Waals surface area contributed by atoms with E-state index < -0.39 is 0 Å². The van der Waals surface area contributed by atoms with Gasteiger partial charge in [-0.05, 0) is 60.4 Å². The first kappa shape index (κ1) is 28.1. The topological polar surface area (TPSA) is 46.7 Å². The predicted octanol–water partition coefficient (Wildman–Crippen LogP) is 8.03. The zero-order valence-corrected chi connectivity index (χ0v) is 25.5. The molecule has 0 spiro atoms. The van der Waals surface area contributed by atoms with Gasteiger partial charge in [0, 0.05) is 46.5 Å². The summed E-state index contributed by atoms with van der Waals surface area (Å²) >= 11 is 0. The summed E-state index contributed by atoms with van der Waals surface area (Å²) in [5.41, 5.74) is 11.5. The van der Waals surface area contributed by atoms with Gasteiger partial charge in [0.15, 0.2) is 37.9 Å². The van der Waals surface area contributed by atoms with Crippen LogP contribution in [-0.4, -0.2) is 10.2 Å². The van der Waals surface area contributed by atoms with Crippen molar-refractivity contribution in [3.05, 3.63) is 168 Å². The second-order valence-electron chi connectivity index (χ2n) is 11.6. The number of nitrogens with zero attached hydrogens (tertiary/aromatic N) is 4. The summed E-state index contributed by atoms with van der Waals surface area (Å²) in [6.07, 6.45) is 8.50. The largest absolute Gasteiger partial charge is 0.416 e. The van der Waals surface area contributed by atoms with E-state index in [1.165, 1.54) is 22.3 Å². The number of hydrogen-bond acceptors (Lipinski definition) is 3. The van der Waals surface area contributed by atoms with Gasteiger partial charge in [0.2, 0.25) is 11.8 Å². The molecule has 0 unspecified atom stereocenters. The molecule has 0 aliphatic rings. The van der Waals surface area contributed by atoms with E-state index in [0.29, 0.717) is 11.8 Å². The fourth-order valence-electron chi connectivity index (χ4n) is 5.39. The number of pyridine rings is 2. The van der Waals surface area contributed by atoms with Crippen molar-refractivity contribution in [2.45, 2.75) is 26.9 Å². The standard InChI is InChI=1S/C40H34N4O/c1-29-3-7-31(8-4-29)27-43-23-19-35(20-24-43)33-11-15-37(16-12-33)39-41-42-40(45-39)38-17-13-34(14-18-38)36-21-25-44(26-22-36)28-32-9-5-30(2)6-10-32/h3-26H,27-28H2,1-2H3/q+2. The number of aromatic nitrogens is 4. The highest BCUT2D eigenvalue weighted by atomic mass is 16.4. The highest BCUT2D eigenvalue weighted by Gasteiger charge is 2.12. The molecule has 5 heteroatoms. The Hall–Kier alpha value is -5.68. The smallest absolute Gasteiger partial charge is 0.248 e. The van der Waals surface area contributed by atoms with E-state index in [2.05, 4.69) is 155 Å². The van der Waals surface area contributed by atoms with Crippen LogP contribution in [0.25, 0.3) is 45.2 Å². The second-order valence-corrected chi connectivity index (χ2v) is 11.6. The number of rotatable bonds is 8. The Morgan fingerprint density at radius 3 is 1.07 bits per heavy atom. The molecule has 7 aromatic rings. The Morgan fingerprint density at radius 1 is 0.400 bits per heavy atom. The van der Waals surface area contributed by atoms with E-state index in [9.17, 15) is 0 Å². The molecule has 4 aromatic carbocycles. The maximum absolute atomic E-state index is 6.08. The first-order valence-electron chi connectivity index (χ1n) is 15.2. The average molecular weight is 587 g/mol. The number of aryl methyl sites for hydroxylation is 2. The molecule has 0 amide bonds. The van der Waals surface area contributed by atoms with Gasteiger partial charge < -0.3 is 4.42 Å². The predicted molar refractivity (Wildman–Crippen MR) is 177 cm³/mol. The van der Waals surface area contributed by atoms with Crippen LogP contribution < -0.4 is 9.13 Å². The summed E-state index contributed by atoms with van der Waals surface area (Å²) < 4.78 is 10.5. The Morgan fingerprint density at radius 2 is 0.711 bits per heavy atom. The fraction of sp³-hybridized carbons (Fsp3) is 0.100. The molecule has 0 atom stereocenters. The molecule has 0 N–H and O–H groups in total. The SMILES string of the molecule is Cc1ccc(C[n+]2ccc(-c3ccc(-c4nnc(-c5ccc(-c6cc[n+](Cc7ccc(C)cc7)cc6)cc5)o4)cc3)cc2)cc1. The number of benzene rings is 4. The third-order valence-corrected chi connectivity index (χ3v) is 8.11. The van der Waals surface area contributed by atoms with Crippen LogP contribution in [0.15, 0.2) is 151 Å².